The fourth-order valence-corrected chi connectivity index (χ4v) is 3.72. The highest BCUT2D eigenvalue weighted by Gasteiger charge is 2.30. The molecule has 2 aliphatic rings. The number of carbonyl (C=O) groups excluding carboxylic acids is 1. The van der Waals surface area contributed by atoms with Gasteiger partial charge in [-0.15, -0.1) is 0 Å². The molecule has 2 fully saturated rings. The Hall–Kier alpha value is -2.34. The maximum atomic E-state index is 12.8. The molecule has 2 aromatic heterocycles. The maximum Gasteiger partial charge on any atom is 0.244 e. The Morgan fingerprint density at radius 3 is 2.58 bits per heavy atom. The van der Waals surface area contributed by atoms with Crippen molar-refractivity contribution in [3.05, 3.63) is 48.3 Å². The third-order valence-electron chi connectivity index (χ3n) is 5.41. The topological polar surface area (TPSA) is 71.0 Å². The predicted octanol–water partition coefficient (Wildman–Crippen LogP) is 2.81. The van der Waals surface area contributed by atoms with Crippen LogP contribution in [0.15, 0.2) is 36.9 Å². The summed E-state index contributed by atoms with van der Waals surface area (Å²) in [6.07, 6.45) is 14.4. The molecule has 1 saturated heterocycles. The van der Waals surface area contributed by atoms with Gasteiger partial charge in [-0.1, -0.05) is 19.3 Å². The summed E-state index contributed by atoms with van der Waals surface area (Å²) < 4.78 is 0. The molecule has 1 atom stereocenters. The second kappa shape index (κ2) is 7.91. The Kier molecular flexibility index (Phi) is 5.20. The SMILES string of the molecule is O=C(C1CCN1)N(Cc1cnc(C2CCCCC2)cn1)c1cccnc1. The van der Waals surface area contributed by atoms with E-state index in [4.69, 9.17) is 0 Å². The van der Waals surface area contributed by atoms with Crippen molar-refractivity contribution in [2.24, 2.45) is 0 Å². The van der Waals surface area contributed by atoms with Gasteiger partial charge in [0.05, 0.1) is 42.1 Å². The lowest BCUT2D eigenvalue weighted by Gasteiger charge is -2.32. The summed E-state index contributed by atoms with van der Waals surface area (Å²) in [5.74, 6) is 0.614. The number of anilines is 1. The fraction of sp³-hybridized carbons (Fsp3) is 0.500. The summed E-state index contributed by atoms with van der Waals surface area (Å²) in [4.78, 5) is 28.0. The van der Waals surface area contributed by atoms with Gasteiger partial charge in [0.25, 0.3) is 0 Å². The first-order valence-electron chi connectivity index (χ1n) is 9.57. The minimum atomic E-state index is -0.107. The first kappa shape index (κ1) is 17.1. The first-order valence-corrected chi connectivity index (χ1v) is 9.57. The Labute approximate surface area is 154 Å². The molecule has 1 aliphatic carbocycles. The summed E-state index contributed by atoms with van der Waals surface area (Å²) in [6, 6.07) is 3.65. The third kappa shape index (κ3) is 3.75. The molecule has 3 heterocycles. The van der Waals surface area contributed by atoms with Gasteiger partial charge < -0.3 is 10.2 Å². The van der Waals surface area contributed by atoms with Crippen LogP contribution in [0.25, 0.3) is 0 Å². The molecule has 0 spiro atoms. The van der Waals surface area contributed by atoms with Gasteiger partial charge in [0.15, 0.2) is 0 Å². The van der Waals surface area contributed by atoms with Crippen molar-refractivity contribution in [1.82, 2.24) is 20.3 Å². The molecule has 1 saturated carbocycles. The van der Waals surface area contributed by atoms with Crippen LogP contribution in [0.5, 0.6) is 0 Å². The van der Waals surface area contributed by atoms with Crippen LogP contribution in [-0.4, -0.2) is 33.4 Å². The monoisotopic (exact) mass is 351 g/mol. The lowest BCUT2D eigenvalue weighted by molar-refractivity contribution is -0.122. The number of rotatable bonds is 5. The summed E-state index contributed by atoms with van der Waals surface area (Å²) in [5.41, 5.74) is 2.69. The second-order valence-electron chi connectivity index (χ2n) is 7.20. The molecule has 2 aromatic rings. The van der Waals surface area contributed by atoms with E-state index in [1.165, 1.54) is 32.1 Å². The van der Waals surface area contributed by atoms with E-state index >= 15 is 0 Å². The van der Waals surface area contributed by atoms with Crippen LogP contribution in [0.3, 0.4) is 0 Å². The van der Waals surface area contributed by atoms with Gasteiger partial charge in [0.1, 0.15) is 0 Å². The minimum absolute atomic E-state index is 0.0717. The molecule has 0 bridgehead atoms. The molecule has 1 N–H and O–H groups in total. The predicted molar refractivity (Wildman–Crippen MR) is 99.7 cm³/mol. The molecule has 1 unspecified atom stereocenters. The Balaban J connectivity index is 1.50. The van der Waals surface area contributed by atoms with Crippen LogP contribution in [-0.2, 0) is 11.3 Å². The van der Waals surface area contributed by atoms with Crippen molar-refractivity contribution >= 4 is 11.6 Å². The van der Waals surface area contributed by atoms with Gasteiger partial charge in [-0.2, -0.15) is 0 Å². The van der Waals surface area contributed by atoms with Crippen LogP contribution in [0.4, 0.5) is 5.69 Å². The number of aromatic nitrogens is 3. The third-order valence-corrected chi connectivity index (χ3v) is 5.41. The summed E-state index contributed by atoms with van der Waals surface area (Å²) in [7, 11) is 0. The molecule has 1 amide bonds. The average Bonchev–Trinajstić information content (AvgIpc) is 2.66. The molecule has 0 radical (unpaired) electrons. The van der Waals surface area contributed by atoms with Crippen LogP contribution in [0.2, 0.25) is 0 Å². The number of amides is 1. The summed E-state index contributed by atoms with van der Waals surface area (Å²) in [6.45, 7) is 1.31. The summed E-state index contributed by atoms with van der Waals surface area (Å²) in [5, 5.41) is 3.19. The summed E-state index contributed by atoms with van der Waals surface area (Å²) >= 11 is 0. The fourth-order valence-electron chi connectivity index (χ4n) is 3.72. The van der Waals surface area contributed by atoms with Crippen LogP contribution >= 0.6 is 0 Å². The van der Waals surface area contributed by atoms with E-state index in [0.29, 0.717) is 12.5 Å². The van der Waals surface area contributed by atoms with E-state index in [0.717, 1.165) is 30.0 Å². The molecule has 0 aromatic carbocycles. The average molecular weight is 351 g/mol. The van der Waals surface area contributed by atoms with Crippen molar-refractivity contribution in [1.29, 1.82) is 0 Å². The zero-order chi connectivity index (χ0) is 17.8. The van der Waals surface area contributed by atoms with Gasteiger partial charge in [-0.05, 0) is 37.9 Å². The van der Waals surface area contributed by atoms with E-state index in [2.05, 4.69) is 20.3 Å². The van der Waals surface area contributed by atoms with E-state index < -0.39 is 0 Å². The lowest BCUT2D eigenvalue weighted by Crippen LogP contribution is -2.54. The van der Waals surface area contributed by atoms with Crippen molar-refractivity contribution in [2.45, 2.75) is 57.0 Å². The molecular formula is C20H25N5O. The van der Waals surface area contributed by atoms with Gasteiger partial charge in [-0.3, -0.25) is 19.7 Å². The van der Waals surface area contributed by atoms with Gasteiger partial charge in [0, 0.05) is 18.3 Å². The number of nitrogens with zero attached hydrogens (tertiary/aromatic N) is 4. The van der Waals surface area contributed by atoms with Crippen LogP contribution in [0, 0.1) is 0 Å². The molecular weight excluding hydrogens is 326 g/mol. The van der Waals surface area contributed by atoms with Crippen LogP contribution in [0.1, 0.15) is 55.8 Å². The normalized spacial score (nSPS) is 20.4. The Bertz CT molecular complexity index is 724. The number of hydrogen-bond donors (Lipinski definition) is 1. The van der Waals surface area contributed by atoms with Gasteiger partial charge in [0.2, 0.25) is 5.91 Å². The highest BCUT2D eigenvalue weighted by atomic mass is 16.2. The van der Waals surface area contributed by atoms with E-state index in [-0.39, 0.29) is 11.9 Å². The number of pyridine rings is 1. The molecule has 6 nitrogen and oxygen atoms in total. The highest BCUT2D eigenvalue weighted by Crippen LogP contribution is 2.31. The molecule has 136 valence electrons. The quantitative estimate of drug-likeness (QED) is 0.897. The zero-order valence-electron chi connectivity index (χ0n) is 15.0. The lowest BCUT2D eigenvalue weighted by atomic mass is 9.87. The Morgan fingerprint density at radius 2 is 1.96 bits per heavy atom. The Morgan fingerprint density at radius 1 is 1.12 bits per heavy atom. The zero-order valence-corrected chi connectivity index (χ0v) is 15.0. The second-order valence-corrected chi connectivity index (χ2v) is 7.20. The van der Waals surface area contributed by atoms with Crippen molar-refractivity contribution < 1.29 is 4.79 Å². The maximum absolute atomic E-state index is 12.8. The van der Waals surface area contributed by atoms with Crippen molar-refractivity contribution in [3.63, 3.8) is 0 Å². The van der Waals surface area contributed by atoms with Crippen molar-refractivity contribution in [2.75, 3.05) is 11.4 Å². The van der Waals surface area contributed by atoms with E-state index in [1.54, 1.807) is 17.3 Å². The van der Waals surface area contributed by atoms with Gasteiger partial charge in [-0.25, -0.2) is 0 Å². The highest BCUT2D eigenvalue weighted by molar-refractivity contribution is 5.97. The largest absolute Gasteiger partial charge is 0.306 e. The first-order chi connectivity index (χ1) is 12.8. The van der Waals surface area contributed by atoms with Gasteiger partial charge >= 0.3 is 0 Å². The van der Waals surface area contributed by atoms with Crippen LogP contribution < -0.4 is 10.2 Å². The number of carbonyl (C=O) groups is 1. The van der Waals surface area contributed by atoms with E-state index in [9.17, 15) is 4.79 Å². The standard InChI is InChI=1S/C20H25N5O/c26-20(18-8-10-22-18)25(17-7-4-9-21-12-17)14-16-11-24-19(13-23-16)15-5-2-1-3-6-15/h4,7,9,11-13,15,18,22H,1-3,5-6,8,10,14H2. The molecule has 6 heteroatoms. The smallest absolute Gasteiger partial charge is 0.244 e. The molecule has 1 aliphatic heterocycles. The minimum Gasteiger partial charge on any atom is -0.306 e. The molecule has 26 heavy (non-hydrogen) atoms. The molecule has 4 rings (SSSR count). The number of hydrogen-bond acceptors (Lipinski definition) is 5. The van der Waals surface area contributed by atoms with E-state index in [1.807, 2.05) is 24.5 Å². The van der Waals surface area contributed by atoms with Crippen molar-refractivity contribution in [3.8, 4) is 0 Å². The number of nitrogens with one attached hydrogen (secondary N) is 1.